The molecule has 0 spiro atoms. The molecule has 3 aromatic rings. The van der Waals surface area contributed by atoms with Gasteiger partial charge in [0.15, 0.2) is 0 Å². The van der Waals surface area contributed by atoms with Crippen LogP contribution in [0.1, 0.15) is 6.42 Å². The van der Waals surface area contributed by atoms with E-state index in [1.54, 1.807) is 30.6 Å². The van der Waals surface area contributed by atoms with Crippen molar-refractivity contribution in [2.24, 2.45) is 0 Å². The molecule has 1 aromatic carbocycles. The Bertz CT molecular complexity index is 1160. The molecule has 0 aliphatic heterocycles. The number of benzene rings is 1. The molecular weight excluding hydrogens is 415 g/mol. The SMILES string of the molecule is O=C(Nc1cccc(-c2nc3ccncc3s2)c1)OC1=CCC=CC(C(F)(F)F)=C1. The third-order valence-corrected chi connectivity index (χ3v) is 5.19. The highest BCUT2D eigenvalue weighted by atomic mass is 32.1. The topological polar surface area (TPSA) is 64.1 Å². The van der Waals surface area contributed by atoms with Gasteiger partial charge in [-0.15, -0.1) is 11.3 Å². The number of allylic oxidation sites excluding steroid dienone is 5. The summed E-state index contributed by atoms with van der Waals surface area (Å²) in [5, 5.41) is 3.29. The van der Waals surface area contributed by atoms with Gasteiger partial charge >= 0.3 is 12.3 Å². The van der Waals surface area contributed by atoms with Crippen LogP contribution in [0.3, 0.4) is 0 Å². The van der Waals surface area contributed by atoms with Crippen molar-refractivity contribution in [3.63, 3.8) is 0 Å². The minimum atomic E-state index is -4.53. The number of pyridine rings is 1. The predicted molar refractivity (Wildman–Crippen MR) is 109 cm³/mol. The number of hydrogen-bond donors (Lipinski definition) is 1. The van der Waals surface area contributed by atoms with Crippen LogP contribution in [0.15, 0.2) is 78.4 Å². The first-order valence-corrected chi connectivity index (χ1v) is 9.65. The lowest BCUT2D eigenvalue weighted by atomic mass is 10.2. The highest BCUT2D eigenvalue weighted by molar-refractivity contribution is 7.21. The normalized spacial score (nSPS) is 14.1. The number of carbonyl (C=O) groups excluding carboxylic acids is 1. The molecule has 0 saturated heterocycles. The van der Waals surface area contributed by atoms with Crippen LogP contribution >= 0.6 is 11.3 Å². The molecule has 0 bridgehead atoms. The maximum atomic E-state index is 13.0. The second-order valence-corrected chi connectivity index (χ2v) is 7.33. The van der Waals surface area contributed by atoms with Gasteiger partial charge in [-0.25, -0.2) is 9.78 Å². The number of aromatic nitrogens is 2. The van der Waals surface area contributed by atoms with Crippen molar-refractivity contribution in [3.05, 3.63) is 78.4 Å². The Kier molecular flexibility index (Phi) is 5.37. The van der Waals surface area contributed by atoms with Crippen LogP contribution in [0.2, 0.25) is 0 Å². The number of fused-ring (bicyclic) bond motifs is 1. The molecule has 2 heterocycles. The lowest BCUT2D eigenvalue weighted by Gasteiger charge is -2.10. The summed E-state index contributed by atoms with van der Waals surface area (Å²) in [6, 6.07) is 8.77. The third-order valence-electron chi connectivity index (χ3n) is 4.14. The molecule has 0 fully saturated rings. The number of amides is 1. The number of nitrogens with one attached hydrogen (secondary N) is 1. The lowest BCUT2D eigenvalue weighted by Crippen LogP contribution is -2.14. The van der Waals surface area contributed by atoms with E-state index in [4.69, 9.17) is 4.74 Å². The molecule has 0 unspecified atom stereocenters. The summed E-state index contributed by atoms with van der Waals surface area (Å²) in [5.41, 5.74) is 1.16. The van der Waals surface area contributed by atoms with Crippen LogP contribution in [0.5, 0.6) is 0 Å². The average Bonchev–Trinajstić information content (AvgIpc) is 2.99. The van der Waals surface area contributed by atoms with Crippen molar-refractivity contribution >= 4 is 33.3 Å². The van der Waals surface area contributed by atoms with Gasteiger partial charge in [0.2, 0.25) is 0 Å². The smallest absolute Gasteiger partial charge is 0.410 e. The number of anilines is 1. The van der Waals surface area contributed by atoms with Gasteiger partial charge in [0.25, 0.3) is 0 Å². The van der Waals surface area contributed by atoms with Gasteiger partial charge in [0.05, 0.1) is 15.8 Å². The Morgan fingerprint density at radius 1 is 1.23 bits per heavy atom. The van der Waals surface area contributed by atoms with Gasteiger partial charge in [-0.05, 0) is 36.8 Å². The number of carbonyl (C=O) groups is 1. The largest absolute Gasteiger partial charge is 0.417 e. The number of ether oxygens (including phenoxy) is 1. The predicted octanol–water partition coefficient (Wildman–Crippen LogP) is 6.24. The Balaban J connectivity index is 1.49. The molecule has 2 aromatic heterocycles. The third kappa shape index (κ3) is 4.57. The maximum Gasteiger partial charge on any atom is 0.417 e. The van der Waals surface area contributed by atoms with E-state index in [0.717, 1.165) is 32.9 Å². The highest BCUT2D eigenvalue weighted by Gasteiger charge is 2.32. The second kappa shape index (κ2) is 8.11. The van der Waals surface area contributed by atoms with Crippen molar-refractivity contribution < 1.29 is 22.7 Å². The molecule has 0 atom stereocenters. The molecule has 1 aliphatic rings. The Morgan fingerprint density at radius 2 is 2.10 bits per heavy atom. The minimum absolute atomic E-state index is 0.167. The summed E-state index contributed by atoms with van der Waals surface area (Å²) in [6.45, 7) is 0. The van der Waals surface area contributed by atoms with Crippen molar-refractivity contribution in [1.29, 1.82) is 0 Å². The van der Waals surface area contributed by atoms with Gasteiger partial charge in [0, 0.05) is 23.6 Å². The summed E-state index contributed by atoms with van der Waals surface area (Å²) in [5.74, 6) is -0.167. The van der Waals surface area contributed by atoms with Crippen molar-refractivity contribution in [3.8, 4) is 10.6 Å². The number of rotatable bonds is 3. The van der Waals surface area contributed by atoms with Crippen LogP contribution in [-0.4, -0.2) is 22.2 Å². The summed E-state index contributed by atoms with van der Waals surface area (Å²) >= 11 is 1.46. The van der Waals surface area contributed by atoms with E-state index < -0.39 is 17.8 Å². The zero-order chi connectivity index (χ0) is 21.1. The Hall–Kier alpha value is -3.46. The van der Waals surface area contributed by atoms with Crippen molar-refractivity contribution in [2.45, 2.75) is 12.6 Å². The number of halogens is 3. The van der Waals surface area contributed by atoms with Crippen LogP contribution in [-0.2, 0) is 4.74 Å². The molecule has 30 heavy (non-hydrogen) atoms. The van der Waals surface area contributed by atoms with Crippen molar-refractivity contribution in [2.75, 3.05) is 5.32 Å². The molecule has 0 saturated carbocycles. The molecular formula is C21H14F3N3O2S. The van der Waals surface area contributed by atoms with Gasteiger partial charge in [-0.2, -0.15) is 13.2 Å². The number of hydrogen-bond acceptors (Lipinski definition) is 5. The molecule has 1 amide bonds. The summed E-state index contributed by atoms with van der Waals surface area (Å²) in [6.07, 6.45) is 2.72. The Morgan fingerprint density at radius 3 is 2.90 bits per heavy atom. The molecule has 4 rings (SSSR count). The molecule has 5 nitrogen and oxygen atoms in total. The molecule has 1 N–H and O–H groups in total. The number of alkyl halides is 3. The average molecular weight is 429 g/mol. The highest BCUT2D eigenvalue weighted by Crippen LogP contribution is 2.31. The van der Waals surface area contributed by atoms with E-state index in [2.05, 4.69) is 15.3 Å². The number of thiazole rings is 1. The van der Waals surface area contributed by atoms with Gasteiger partial charge < -0.3 is 4.74 Å². The first-order valence-electron chi connectivity index (χ1n) is 8.84. The maximum absolute atomic E-state index is 13.0. The lowest BCUT2D eigenvalue weighted by molar-refractivity contribution is -0.0884. The second-order valence-electron chi connectivity index (χ2n) is 6.30. The Labute approximate surface area is 173 Å². The van der Waals surface area contributed by atoms with E-state index in [0.29, 0.717) is 5.69 Å². The fourth-order valence-corrected chi connectivity index (χ4v) is 3.70. The fourth-order valence-electron chi connectivity index (χ4n) is 2.77. The van der Waals surface area contributed by atoms with Crippen LogP contribution in [0.4, 0.5) is 23.7 Å². The summed E-state index contributed by atoms with van der Waals surface area (Å²) < 4.78 is 44.9. The van der Waals surface area contributed by atoms with Crippen LogP contribution < -0.4 is 5.32 Å². The van der Waals surface area contributed by atoms with Gasteiger partial charge in [-0.1, -0.05) is 24.3 Å². The fraction of sp³-hybridized carbons (Fsp3) is 0.0952. The summed E-state index contributed by atoms with van der Waals surface area (Å²) in [7, 11) is 0. The van der Waals surface area contributed by atoms with E-state index >= 15 is 0 Å². The molecule has 9 heteroatoms. The molecule has 0 radical (unpaired) electrons. The quantitative estimate of drug-likeness (QED) is 0.535. The first-order chi connectivity index (χ1) is 14.4. The minimum Gasteiger partial charge on any atom is -0.410 e. The molecule has 1 aliphatic carbocycles. The van der Waals surface area contributed by atoms with Gasteiger partial charge in [0.1, 0.15) is 10.8 Å². The zero-order valence-corrected chi connectivity index (χ0v) is 16.1. The van der Waals surface area contributed by atoms with Crippen LogP contribution in [0, 0.1) is 0 Å². The molecule has 152 valence electrons. The van der Waals surface area contributed by atoms with E-state index in [1.165, 1.54) is 23.5 Å². The van der Waals surface area contributed by atoms with Crippen LogP contribution in [0.25, 0.3) is 20.8 Å². The summed E-state index contributed by atoms with van der Waals surface area (Å²) in [4.78, 5) is 20.8. The van der Waals surface area contributed by atoms with E-state index in [1.807, 2.05) is 12.1 Å². The van der Waals surface area contributed by atoms with E-state index in [9.17, 15) is 18.0 Å². The monoisotopic (exact) mass is 429 g/mol. The standard InChI is InChI=1S/C21H14F3N3O2S/c22-21(23,24)14-5-1-2-7-16(11-14)29-20(28)26-15-6-3-4-13(10-15)19-27-17-8-9-25-12-18(17)30-19/h1,3-12H,2H2,(H,26,28). The number of nitrogens with zero attached hydrogens (tertiary/aromatic N) is 2. The van der Waals surface area contributed by atoms with E-state index in [-0.39, 0.29) is 12.2 Å². The zero-order valence-electron chi connectivity index (χ0n) is 15.3. The van der Waals surface area contributed by atoms with Gasteiger partial charge in [-0.3, -0.25) is 10.3 Å². The van der Waals surface area contributed by atoms with Crippen molar-refractivity contribution in [1.82, 2.24) is 9.97 Å². The first kappa shape index (κ1) is 19.8.